The number of nitrogen functional groups attached to an aromatic ring is 1. The maximum Gasteiger partial charge on any atom is 0.251 e. The van der Waals surface area contributed by atoms with E-state index in [4.69, 9.17) is 16.2 Å². The molecule has 1 unspecified atom stereocenters. The molecule has 4 rings (SSSR count). The highest BCUT2D eigenvalue weighted by Gasteiger charge is 2.23. The Labute approximate surface area is 283 Å². The molecule has 0 bridgehead atoms. The first kappa shape index (κ1) is 36.2. The van der Waals surface area contributed by atoms with Crippen LogP contribution in [0.4, 0.5) is 31.5 Å². The number of nitrogens with zero attached hydrogens (tertiary/aromatic N) is 3. The van der Waals surface area contributed by atoms with Crippen molar-refractivity contribution in [2.24, 2.45) is 16.0 Å². The zero-order valence-electron chi connectivity index (χ0n) is 27.3. The molecule has 0 aliphatic carbocycles. The van der Waals surface area contributed by atoms with Gasteiger partial charge in [0.05, 0.1) is 17.4 Å². The molecule has 2 amide bonds. The molecule has 1 atom stereocenters. The number of anilines is 2. The lowest BCUT2D eigenvalue weighted by Crippen LogP contribution is -2.43. The van der Waals surface area contributed by atoms with E-state index in [1.165, 1.54) is 6.07 Å². The molecular weight excluding hydrogens is 632 g/mol. The van der Waals surface area contributed by atoms with Crippen molar-refractivity contribution in [3.63, 3.8) is 0 Å². The van der Waals surface area contributed by atoms with E-state index in [9.17, 15) is 23.2 Å². The van der Waals surface area contributed by atoms with Crippen LogP contribution in [-0.2, 0) is 11.3 Å². The average Bonchev–Trinajstić information content (AvgIpc) is 3.09. The highest BCUT2D eigenvalue weighted by molar-refractivity contribution is 5.98. The summed E-state index contributed by atoms with van der Waals surface area (Å²) in [5.41, 5.74) is 14.7. The second kappa shape index (κ2) is 17.5. The van der Waals surface area contributed by atoms with Gasteiger partial charge >= 0.3 is 0 Å². The molecule has 6 N–H and O–H groups in total. The lowest BCUT2D eigenvalue weighted by Gasteiger charge is -2.18. The summed E-state index contributed by atoms with van der Waals surface area (Å²) in [4.78, 5) is 40.4. The van der Waals surface area contributed by atoms with Crippen LogP contribution in [0.1, 0.15) is 45.5 Å². The predicted octanol–water partition coefficient (Wildman–Crippen LogP) is 5.83. The van der Waals surface area contributed by atoms with Crippen molar-refractivity contribution >= 4 is 40.3 Å². The molecule has 0 radical (unpaired) electrons. The van der Waals surface area contributed by atoms with Gasteiger partial charge in [0, 0.05) is 43.1 Å². The minimum atomic E-state index is -1.05. The Morgan fingerprint density at radius 2 is 1.47 bits per heavy atom. The smallest absolute Gasteiger partial charge is 0.251 e. The van der Waals surface area contributed by atoms with Crippen LogP contribution in [-0.4, -0.2) is 50.9 Å². The number of nitrogens with one attached hydrogen (secondary N) is 2. The van der Waals surface area contributed by atoms with Gasteiger partial charge in [0.15, 0.2) is 23.2 Å². The minimum Gasteiger partial charge on any atom is -0.480 e. The van der Waals surface area contributed by atoms with Gasteiger partial charge in [-0.05, 0) is 110 Å². The molecule has 0 aromatic heterocycles. The lowest BCUT2D eigenvalue weighted by atomic mass is 10.0. The van der Waals surface area contributed by atoms with Crippen LogP contribution in [0, 0.1) is 11.6 Å². The summed E-state index contributed by atoms with van der Waals surface area (Å²) < 4.78 is 35.1. The number of Topliss-reactive ketones (excluding diaryl/α,β-unsaturated/α-hetero) is 1. The van der Waals surface area contributed by atoms with Gasteiger partial charge in [-0.1, -0.05) is 6.07 Å². The number of rotatable bonds is 16. The van der Waals surface area contributed by atoms with Crippen LogP contribution in [0.2, 0.25) is 0 Å². The first-order chi connectivity index (χ1) is 23.5. The minimum absolute atomic E-state index is 0.141. The predicted molar refractivity (Wildman–Crippen MR) is 184 cm³/mol. The average molecular weight is 672 g/mol. The fourth-order valence-corrected chi connectivity index (χ4v) is 4.72. The van der Waals surface area contributed by atoms with Crippen LogP contribution in [0.5, 0.6) is 5.75 Å². The van der Waals surface area contributed by atoms with Gasteiger partial charge < -0.3 is 31.7 Å². The van der Waals surface area contributed by atoms with E-state index in [0.717, 1.165) is 17.8 Å². The third-order valence-corrected chi connectivity index (χ3v) is 7.44. The Morgan fingerprint density at radius 3 is 2.06 bits per heavy atom. The third-order valence-electron chi connectivity index (χ3n) is 7.44. The number of ether oxygens (including phenoxy) is 1. The van der Waals surface area contributed by atoms with E-state index in [0.29, 0.717) is 42.0 Å². The topological polar surface area (TPSA) is 165 Å². The molecule has 0 saturated heterocycles. The summed E-state index contributed by atoms with van der Waals surface area (Å²) in [6.07, 6.45) is 1.41. The van der Waals surface area contributed by atoms with Gasteiger partial charge in [-0.25, -0.2) is 8.78 Å². The van der Waals surface area contributed by atoms with E-state index >= 15 is 0 Å². The van der Waals surface area contributed by atoms with Crippen molar-refractivity contribution in [1.29, 1.82) is 0 Å². The number of ketones is 1. The molecule has 256 valence electrons. The molecular formula is C36H39F2N7O4. The molecule has 0 heterocycles. The summed E-state index contributed by atoms with van der Waals surface area (Å²) in [6.45, 7) is -0.460. The van der Waals surface area contributed by atoms with Crippen LogP contribution in [0.3, 0.4) is 0 Å². The quantitative estimate of drug-likeness (QED) is 0.0661. The molecule has 0 aliphatic heterocycles. The number of amides is 2. The fourth-order valence-electron chi connectivity index (χ4n) is 4.72. The molecule has 0 fully saturated rings. The number of azo groups is 1. The Kier molecular flexibility index (Phi) is 12.9. The zero-order chi connectivity index (χ0) is 35.3. The number of nitrogens with two attached hydrogens (primary N) is 2. The van der Waals surface area contributed by atoms with E-state index < -0.39 is 47.6 Å². The maximum atomic E-state index is 14.9. The second-order valence-electron chi connectivity index (χ2n) is 11.4. The third kappa shape index (κ3) is 10.7. The van der Waals surface area contributed by atoms with Crippen molar-refractivity contribution in [2.75, 3.05) is 37.9 Å². The van der Waals surface area contributed by atoms with Gasteiger partial charge in [0.1, 0.15) is 6.61 Å². The van der Waals surface area contributed by atoms with Crippen molar-refractivity contribution < 1.29 is 27.9 Å². The summed E-state index contributed by atoms with van der Waals surface area (Å²) >= 11 is 0. The lowest BCUT2D eigenvalue weighted by molar-refractivity contribution is -0.123. The highest BCUT2D eigenvalue weighted by atomic mass is 19.1. The number of carbonyl (C=O) groups is 3. The molecule has 0 aliphatic rings. The Bertz CT molecular complexity index is 1760. The van der Waals surface area contributed by atoms with E-state index in [1.807, 2.05) is 43.3 Å². The summed E-state index contributed by atoms with van der Waals surface area (Å²) in [5, 5.41) is 13.7. The van der Waals surface area contributed by atoms with Crippen molar-refractivity contribution in [2.45, 2.75) is 31.8 Å². The first-order valence-corrected chi connectivity index (χ1v) is 15.6. The molecule has 4 aromatic carbocycles. The fraction of sp³-hybridized carbons (Fsp3) is 0.250. The molecule has 11 nitrogen and oxygen atoms in total. The van der Waals surface area contributed by atoms with Crippen LogP contribution < -0.4 is 31.7 Å². The van der Waals surface area contributed by atoms with Gasteiger partial charge in [-0.2, -0.15) is 10.2 Å². The van der Waals surface area contributed by atoms with Crippen molar-refractivity contribution in [1.82, 2.24) is 10.6 Å². The Balaban J connectivity index is 1.31. The van der Waals surface area contributed by atoms with E-state index in [2.05, 4.69) is 20.9 Å². The van der Waals surface area contributed by atoms with Gasteiger partial charge in [0.2, 0.25) is 0 Å². The monoisotopic (exact) mass is 671 g/mol. The summed E-state index contributed by atoms with van der Waals surface area (Å²) in [6, 6.07) is 21.2. The van der Waals surface area contributed by atoms with Crippen LogP contribution in [0.25, 0.3) is 0 Å². The Hall–Kier alpha value is -5.69. The number of carbonyl (C=O) groups excluding carboxylic acids is 3. The summed E-state index contributed by atoms with van der Waals surface area (Å²) in [5.74, 6) is -4.40. The van der Waals surface area contributed by atoms with Crippen LogP contribution >= 0.6 is 0 Å². The number of unbranched alkanes of at least 4 members (excludes halogenated alkanes) is 1. The molecule has 49 heavy (non-hydrogen) atoms. The van der Waals surface area contributed by atoms with Crippen LogP contribution in [0.15, 0.2) is 95.2 Å². The second-order valence-corrected chi connectivity index (χ2v) is 11.4. The van der Waals surface area contributed by atoms with Gasteiger partial charge in [0.25, 0.3) is 11.8 Å². The van der Waals surface area contributed by atoms with E-state index in [-0.39, 0.29) is 24.1 Å². The molecule has 4 aromatic rings. The van der Waals surface area contributed by atoms with E-state index in [1.54, 1.807) is 42.5 Å². The largest absolute Gasteiger partial charge is 0.480 e. The molecule has 0 spiro atoms. The standard InChI is InChI=1S/C36H39F2N7O4/c1-45(2)29-15-13-28(14-16-29)44-43-27-11-9-24(10-12-27)35(47)41-21-23-18-30(37)34(31(38)19-23)49-22-33(46)32(8-3-4-17-39)42-36(48)25-6-5-7-26(40)20-25/h5-7,9-16,18-20,32H,3-4,8,17,21-22,39-40H2,1-2H3,(H,41,47)(H,42,48)/b44-43+. The summed E-state index contributed by atoms with van der Waals surface area (Å²) in [7, 11) is 3.89. The normalized spacial score (nSPS) is 11.6. The zero-order valence-corrected chi connectivity index (χ0v) is 27.3. The molecule has 0 saturated carbocycles. The number of halogens is 2. The first-order valence-electron chi connectivity index (χ1n) is 15.6. The number of hydrogen-bond acceptors (Lipinski definition) is 9. The van der Waals surface area contributed by atoms with Crippen molar-refractivity contribution in [3.05, 3.63) is 113 Å². The highest BCUT2D eigenvalue weighted by Crippen LogP contribution is 2.25. The maximum absolute atomic E-state index is 14.9. The number of hydrogen-bond donors (Lipinski definition) is 4. The van der Waals surface area contributed by atoms with Gasteiger partial charge in [-0.15, -0.1) is 0 Å². The Morgan fingerprint density at radius 1 is 0.837 bits per heavy atom. The number of benzene rings is 4. The van der Waals surface area contributed by atoms with Gasteiger partial charge in [-0.3, -0.25) is 14.4 Å². The SMILES string of the molecule is CN(C)c1ccc(/N=N/c2ccc(C(=O)NCc3cc(F)c(OCC(=O)C(CCCCN)NC(=O)c4cccc(N)c4)c(F)c3)cc2)cc1. The molecule has 13 heteroatoms. The van der Waals surface area contributed by atoms with Crippen molar-refractivity contribution in [3.8, 4) is 5.75 Å².